The van der Waals surface area contributed by atoms with Crippen molar-refractivity contribution in [3.63, 3.8) is 0 Å². The summed E-state index contributed by atoms with van der Waals surface area (Å²) in [5.41, 5.74) is 1.84. The predicted molar refractivity (Wildman–Crippen MR) is 115 cm³/mol. The molecule has 0 bridgehead atoms. The number of hydrogen-bond acceptors (Lipinski definition) is 6. The Morgan fingerprint density at radius 1 is 1.21 bits per heavy atom. The average Bonchev–Trinajstić information content (AvgIpc) is 3.43. The summed E-state index contributed by atoms with van der Waals surface area (Å²) >= 11 is 6.39. The molecule has 9 heteroatoms. The smallest absolute Gasteiger partial charge is 0.257 e. The fraction of sp³-hybridized carbons (Fsp3) is 0.211. The Morgan fingerprint density at radius 3 is 2.86 bits per heavy atom. The van der Waals surface area contributed by atoms with E-state index in [4.69, 9.17) is 4.74 Å². The zero-order valence-corrected chi connectivity index (χ0v) is 17.8. The highest BCUT2D eigenvalue weighted by Gasteiger charge is 2.23. The second kappa shape index (κ2) is 8.52. The molecular formula is C19H16BrN3O3S2. The minimum Gasteiger partial charge on any atom is -0.368 e. The van der Waals surface area contributed by atoms with Gasteiger partial charge in [0.05, 0.1) is 14.4 Å². The number of carbonyl (C=O) groups excluding carboxylic acids is 2. The van der Waals surface area contributed by atoms with Crippen molar-refractivity contribution in [2.24, 2.45) is 0 Å². The van der Waals surface area contributed by atoms with E-state index in [0.29, 0.717) is 23.0 Å². The lowest BCUT2D eigenvalue weighted by Gasteiger charge is -2.11. The third kappa shape index (κ3) is 4.49. The zero-order chi connectivity index (χ0) is 19.5. The fourth-order valence-electron chi connectivity index (χ4n) is 2.81. The van der Waals surface area contributed by atoms with Crippen molar-refractivity contribution >= 4 is 61.2 Å². The topological polar surface area (TPSA) is 80.3 Å². The van der Waals surface area contributed by atoms with Crippen LogP contribution in [0.25, 0.3) is 10.6 Å². The maximum atomic E-state index is 12.6. The Balaban J connectivity index is 1.42. The quantitative estimate of drug-likeness (QED) is 0.541. The second-order valence-electron chi connectivity index (χ2n) is 6.17. The van der Waals surface area contributed by atoms with Gasteiger partial charge in [0, 0.05) is 23.2 Å². The number of halogens is 1. The van der Waals surface area contributed by atoms with Gasteiger partial charge in [-0.3, -0.25) is 14.9 Å². The molecule has 3 aromatic rings. The molecule has 6 nitrogen and oxygen atoms in total. The van der Waals surface area contributed by atoms with E-state index >= 15 is 0 Å². The Bertz CT molecular complexity index is 1010. The van der Waals surface area contributed by atoms with Gasteiger partial charge in [-0.1, -0.05) is 6.07 Å². The Hall–Kier alpha value is -2.07. The van der Waals surface area contributed by atoms with Crippen molar-refractivity contribution in [1.29, 1.82) is 0 Å². The molecule has 0 radical (unpaired) electrons. The molecule has 144 valence electrons. The highest BCUT2D eigenvalue weighted by molar-refractivity contribution is 9.11. The average molecular weight is 478 g/mol. The summed E-state index contributed by atoms with van der Waals surface area (Å²) in [6.45, 7) is 0.610. The van der Waals surface area contributed by atoms with Crippen LogP contribution >= 0.6 is 38.6 Å². The third-order valence-electron chi connectivity index (χ3n) is 4.16. The molecule has 0 spiro atoms. The summed E-state index contributed by atoms with van der Waals surface area (Å²) < 4.78 is 6.41. The molecule has 1 saturated heterocycles. The third-order valence-corrected chi connectivity index (χ3v) is 6.57. The van der Waals surface area contributed by atoms with E-state index in [2.05, 4.69) is 31.5 Å². The molecule has 0 aliphatic carbocycles. The van der Waals surface area contributed by atoms with E-state index in [1.165, 1.54) is 11.3 Å². The number of amides is 2. The Morgan fingerprint density at radius 2 is 2.11 bits per heavy atom. The first-order chi connectivity index (χ1) is 13.6. The Kier molecular flexibility index (Phi) is 5.86. The molecule has 1 atom stereocenters. The number of nitrogens with zero attached hydrogens (tertiary/aromatic N) is 1. The molecular weight excluding hydrogens is 462 g/mol. The maximum absolute atomic E-state index is 12.6. The van der Waals surface area contributed by atoms with Gasteiger partial charge < -0.3 is 10.1 Å². The predicted octanol–water partition coefficient (Wildman–Crippen LogP) is 5.00. The molecule has 1 aromatic carbocycles. The minimum absolute atomic E-state index is 0.179. The van der Waals surface area contributed by atoms with E-state index in [1.54, 1.807) is 35.6 Å². The van der Waals surface area contributed by atoms with Crippen molar-refractivity contribution in [2.45, 2.75) is 18.9 Å². The van der Waals surface area contributed by atoms with Gasteiger partial charge in [-0.15, -0.1) is 22.7 Å². The number of carbonyl (C=O) groups is 2. The van der Waals surface area contributed by atoms with Crippen LogP contribution in [-0.4, -0.2) is 29.5 Å². The van der Waals surface area contributed by atoms with Crippen LogP contribution in [0.5, 0.6) is 0 Å². The number of thiazole rings is 1. The van der Waals surface area contributed by atoms with Crippen LogP contribution in [0.2, 0.25) is 0 Å². The van der Waals surface area contributed by atoms with Gasteiger partial charge in [-0.25, -0.2) is 4.98 Å². The van der Waals surface area contributed by atoms with Crippen molar-refractivity contribution in [3.05, 3.63) is 51.1 Å². The van der Waals surface area contributed by atoms with Gasteiger partial charge in [0.25, 0.3) is 11.8 Å². The molecule has 1 fully saturated rings. The molecule has 3 heterocycles. The van der Waals surface area contributed by atoms with E-state index < -0.39 is 6.10 Å². The number of hydrogen-bond donors (Lipinski definition) is 2. The van der Waals surface area contributed by atoms with E-state index in [9.17, 15) is 9.59 Å². The van der Waals surface area contributed by atoms with Crippen molar-refractivity contribution in [1.82, 2.24) is 4.98 Å². The summed E-state index contributed by atoms with van der Waals surface area (Å²) in [7, 11) is 0. The maximum Gasteiger partial charge on any atom is 0.257 e. The van der Waals surface area contributed by atoms with Crippen molar-refractivity contribution < 1.29 is 14.3 Å². The molecule has 1 aliphatic rings. The van der Waals surface area contributed by atoms with Gasteiger partial charge in [-0.05, 0) is 59.1 Å². The fourth-order valence-corrected chi connectivity index (χ4v) is 4.94. The first-order valence-electron chi connectivity index (χ1n) is 8.63. The number of benzene rings is 1. The van der Waals surface area contributed by atoms with Crippen LogP contribution in [0, 0.1) is 0 Å². The number of rotatable bonds is 5. The summed E-state index contributed by atoms with van der Waals surface area (Å²) in [6, 6.07) is 10.8. The molecule has 1 unspecified atom stereocenters. The number of thiophene rings is 1. The first-order valence-corrected chi connectivity index (χ1v) is 11.1. The number of ether oxygens (including phenoxy) is 1. The summed E-state index contributed by atoms with van der Waals surface area (Å²) in [5.74, 6) is -0.455. The van der Waals surface area contributed by atoms with Gasteiger partial charge >= 0.3 is 0 Å². The summed E-state index contributed by atoms with van der Waals surface area (Å²) in [6.07, 6.45) is 1.20. The Labute approximate surface area is 178 Å². The molecule has 4 rings (SSSR count). The van der Waals surface area contributed by atoms with Crippen LogP contribution in [0.1, 0.15) is 23.2 Å². The molecule has 2 aromatic heterocycles. The lowest BCUT2D eigenvalue weighted by atomic mass is 10.1. The van der Waals surface area contributed by atoms with Crippen molar-refractivity contribution in [2.75, 3.05) is 17.2 Å². The van der Waals surface area contributed by atoms with Gasteiger partial charge in [0.1, 0.15) is 6.10 Å². The van der Waals surface area contributed by atoms with E-state index in [0.717, 1.165) is 27.2 Å². The van der Waals surface area contributed by atoms with Crippen LogP contribution in [-0.2, 0) is 9.53 Å². The summed E-state index contributed by atoms with van der Waals surface area (Å²) in [5, 5.41) is 8.06. The monoisotopic (exact) mass is 477 g/mol. The van der Waals surface area contributed by atoms with Crippen LogP contribution in [0.4, 0.5) is 10.8 Å². The number of anilines is 2. The van der Waals surface area contributed by atoms with Crippen molar-refractivity contribution in [3.8, 4) is 10.6 Å². The lowest BCUT2D eigenvalue weighted by molar-refractivity contribution is -0.124. The first kappa shape index (κ1) is 19.3. The second-order valence-corrected chi connectivity index (χ2v) is 9.49. The standard InChI is InChI=1S/C19H16BrN3O3S2/c20-16-7-6-15(28-16)13-10-27-19(22-13)23-17(24)11-3-1-4-12(9-11)21-18(25)14-5-2-8-26-14/h1,3-4,6-7,9-10,14H,2,5,8H2,(H,21,25)(H,22,23,24). The normalized spacial score (nSPS) is 16.1. The molecule has 2 N–H and O–H groups in total. The lowest BCUT2D eigenvalue weighted by Crippen LogP contribution is -2.27. The number of aromatic nitrogens is 1. The van der Waals surface area contributed by atoms with Crippen LogP contribution in [0.15, 0.2) is 45.6 Å². The van der Waals surface area contributed by atoms with Gasteiger partial charge in [0.2, 0.25) is 0 Å². The molecule has 1 aliphatic heterocycles. The largest absolute Gasteiger partial charge is 0.368 e. The molecule has 0 saturated carbocycles. The van der Waals surface area contributed by atoms with Gasteiger partial charge in [0.15, 0.2) is 5.13 Å². The molecule has 2 amide bonds. The number of nitrogens with one attached hydrogen (secondary N) is 2. The van der Waals surface area contributed by atoms with Crippen LogP contribution < -0.4 is 10.6 Å². The zero-order valence-electron chi connectivity index (χ0n) is 14.6. The highest BCUT2D eigenvalue weighted by Crippen LogP contribution is 2.33. The summed E-state index contributed by atoms with van der Waals surface area (Å²) in [4.78, 5) is 30.3. The molecule has 28 heavy (non-hydrogen) atoms. The van der Waals surface area contributed by atoms with Gasteiger partial charge in [-0.2, -0.15) is 0 Å². The van der Waals surface area contributed by atoms with E-state index in [-0.39, 0.29) is 11.8 Å². The SMILES string of the molecule is O=C(Nc1nc(-c2ccc(Br)s2)cs1)c1cccc(NC(=O)C2CCCO2)c1. The highest BCUT2D eigenvalue weighted by atomic mass is 79.9. The van der Waals surface area contributed by atoms with Crippen LogP contribution in [0.3, 0.4) is 0 Å². The minimum atomic E-state index is -0.413. The van der Waals surface area contributed by atoms with E-state index in [1.807, 2.05) is 17.5 Å².